The van der Waals surface area contributed by atoms with Crippen LogP contribution in [-0.2, 0) is 9.47 Å². The lowest BCUT2D eigenvalue weighted by Crippen LogP contribution is -2.44. The maximum atomic E-state index is 12.5. The van der Waals surface area contributed by atoms with Gasteiger partial charge in [0.1, 0.15) is 5.56 Å². The van der Waals surface area contributed by atoms with Gasteiger partial charge in [-0.05, 0) is 13.8 Å². The standard InChI is InChI=1S/C14H22N2O4/c1-10-7-13(17)12(8-15-10)14(18)16(5-6-19-3)11(2)9-20-4/h7-8,11H,5-6,9H2,1-4H3,(H,15,17). The number of pyridine rings is 1. The molecule has 6 nitrogen and oxygen atoms in total. The lowest BCUT2D eigenvalue weighted by Gasteiger charge is -2.28. The highest BCUT2D eigenvalue weighted by Gasteiger charge is 2.23. The van der Waals surface area contributed by atoms with E-state index in [1.807, 2.05) is 6.92 Å². The smallest absolute Gasteiger partial charge is 0.259 e. The number of aryl methyl sites for hydroxylation is 1. The van der Waals surface area contributed by atoms with E-state index in [4.69, 9.17) is 9.47 Å². The fourth-order valence-electron chi connectivity index (χ4n) is 1.94. The number of methoxy groups -OCH3 is 2. The zero-order valence-corrected chi connectivity index (χ0v) is 12.4. The molecule has 1 atom stereocenters. The molecule has 0 saturated carbocycles. The Morgan fingerprint density at radius 2 is 2.10 bits per heavy atom. The minimum absolute atomic E-state index is 0.134. The summed E-state index contributed by atoms with van der Waals surface area (Å²) in [5.74, 6) is -0.312. The lowest BCUT2D eigenvalue weighted by molar-refractivity contribution is 0.0478. The van der Waals surface area contributed by atoms with Crippen LogP contribution < -0.4 is 5.43 Å². The first-order chi connectivity index (χ1) is 9.51. The summed E-state index contributed by atoms with van der Waals surface area (Å²) in [4.78, 5) is 28.9. The minimum atomic E-state index is -0.312. The van der Waals surface area contributed by atoms with E-state index in [0.717, 1.165) is 5.69 Å². The molecule has 1 heterocycles. The van der Waals surface area contributed by atoms with Gasteiger partial charge in [-0.2, -0.15) is 0 Å². The van der Waals surface area contributed by atoms with Gasteiger partial charge in [-0.15, -0.1) is 0 Å². The number of hydrogen-bond acceptors (Lipinski definition) is 4. The third-order valence-electron chi connectivity index (χ3n) is 3.02. The molecule has 0 bridgehead atoms. The monoisotopic (exact) mass is 282 g/mol. The normalized spacial score (nSPS) is 12.2. The Bertz CT molecular complexity index is 498. The van der Waals surface area contributed by atoms with E-state index < -0.39 is 0 Å². The Balaban J connectivity index is 2.99. The van der Waals surface area contributed by atoms with Crippen LogP contribution in [0.3, 0.4) is 0 Å². The number of nitrogens with one attached hydrogen (secondary N) is 1. The van der Waals surface area contributed by atoms with Crippen LogP contribution in [-0.4, -0.2) is 55.8 Å². The van der Waals surface area contributed by atoms with Crippen LogP contribution in [0, 0.1) is 6.92 Å². The SMILES string of the molecule is COCCN(C(=O)c1c[nH]c(C)cc1=O)C(C)COC. The molecule has 6 heteroatoms. The maximum Gasteiger partial charge on any atom is 0.259 e. The topological polar surface area (TPSA) is 71.6 Å². The van der Waals surface area contributed by atoms with Crippen LogP contribution in [0.5, 0.6) is 0 Å². The van der Waals surface area contributed by atoms with Gasteiger partial charge in [0.25, 0.3) is 5.91 Å². The Morgan fingerprint density at radius 3 is 2.65 bits per heavy atom. The number of carbonyl (C=O) groups is 1. The Labute approximate surface area is 118 Å². The lowest BCUT2D eigenvalue weighted by atomic mass is 10.2. The number of amides is 1. The van der Waals surface area contributed by atoms with E-state index in [-0.39, 0.29) is 22.9 Å². The van der Waals surface area contributed by atoms with Crippen molar-refractivity contribution in [2.75, 3.05) is 34.0 Å². The van der Waals surface area contributed by atoms with Gasteiger partial charge in [-0.1, -0.05) is 0 Å². The molecule has 0 aliphatic rings. The van der Waals surface area contributed by atoms with Gasteiger partial charge in [0, 0.05) is 38.7 Å². The zero-order chi connectivity index (χ0) is 15.1. The molecule has 1 aromatic rings. The van der Waals surface area contributed by atoms with Crippen LogP contribution in [0.2, 0.25) is 0 Å². The number of aromatic nitrogens is 1. The highest BCUT2D eigenvalue weighted by Crippen LogP contribution is 2.06. The molecule has 0 aromatic carbocycles. The zero-order valence-electron chi connectivity index (χ0n) is 12.4. The second-order valence-electron chi connectivity index (χ2n) is 4.69. The van der Waals surface area contributed by atoms with Gasteiger partial charge in [0.2, 0.25) is 0 Å². The van der Waals surface area contributed by atoms with Crippen molar-refractivity contribution in [2.24, 2.45) is 0 Å². The summed E-state index contributed by atoms with van der Waals surface area (Å²) in [7, 11) is 3.15. The van der Waals surface area contributed by atoms with Crippen molar-refractivity contribution >= 4 is 5.91 Å². The molecule has 1 aromatic heterocycles. The van der Waals surface area contributed by atoms with E-state index in [2.05, 4.69) is 4.98 Å². The predicted octanol–water partition coefficient (Wildman–Crippen LogP) is 0.807. The van der Waals surface area contributed by atoms with Crippen LogP contribution >= 0.6 is 0 Å². The van der Waals surface area contributed by atoms with E-state index in [1.165, 1.54) is 12.3 Å². The van der Waals surface area contributed by atoms with Gasteiger partial charge < -0.3 is 19.4 Å². The van der Waals surface area contributed by atoms with Crippen LogP contribution in [0.15, 0.2) is 17.1 Å². The van der Waals surface area contributed by atoms with E-state index in [1.54, 1.807) is 26.0 Å². The van der Waals surface area contributed by atoms with Crippen molar-refractivity contribution in [1.82, 2.24) is 9.88 Å². The molecule has 20 heavy (non-hydrogen) atoms. The van der Waals surface area contributed by atoms with Crippen molar-refractivity contribution in [1.29, 1.82) is 0 Å². The number of ether oxygens (including phenoxy) is 2. The second kappa shape index (κ2) is 7.81. The van der Waals surface area contributed by atoms with Gasteiger partial charge in [-0.3, -0.25) is 9.59 Å². The fraction of sp³-hybridized carbons (Fsp3) is 0.571. The molecule has 0 fully saturated rings. The summed E-state index contributed by atoms with van der Waals surface area (Å²) in [6.07, 6.45) is 1.46. The van der Waals surface area contributed by atoms with Crippen LogP contribution in [0.1, 0.15) is 23.0 Å². The van der Waals surface area contributed by atoms with E-state index in [9.17, 15) is 9.59 Å². The molecule has 0 radical (unpaired) electrons. The van der Waals surface area contributed by atoms with Crippen molar-refractivity contribution in [3.8, 4) is 0 Å². The summed E-state index contributed by atoms with van der Waals surface area (Å²) < 4.78 is 10.1. The van der Waals surface area contributed by atoms with E-state index >= 15 is 0 Å². The number of hydrogen-bond donors (Lipinski definition) is 1. The predicted molar refractivity (Wildman–Crippen MR) is 76.1 cm³/mol. The summed E-state index contributed by atoms with van der Waals surface area (Å²) >= 11 is 0. The molecule has 0 aliphatic heterocycles. The molecule has 1 amide bonds. The number of H-pyrrole nitrogens is 1. The van der Waals surface area contributed by atoms with Gasteiger partial charge >= 0.3 is 0 Å². The maximum absolute atomic E-state index is 12.5. The first-order valence-electron chi connectivity index (χ1n) is 6.49. The van der Waals surface area contributed by atoms with Gasteiger partial charge in [0.05, 0.1) is 19.3 Å². The van der Waals surface area contributed by atoms with Crippen LogP contribution in [0.25, 0.3) is 0 Å². The third-order valence-corrected chi connectivity index (χ3v) is 3.02. The number of nitrogens with zero attached hydrogens (tertiary/aromatic N) is 1. The third kappa shape index (κ3) is 4.18. The van der Waals surface area contributed by atoms with Crippen LogP contribution in [0.4, 0.5) is 0 Å². The summed E-state index contributed by atoms with van der Waals surface area (Å²) in [6, 6.07) is 1.28. The molecule has 1 unspecified atom stereocenters. The highest BCUT2D eigenvalue weighted by molar-refractivity contribution is 5.94. The van der Waals surface area contributed by atoms with Crippen molar-refractivity contribution in [3.63, 3.8) is 0 Å². The largest absolute Gasteiger partial charge is 0.383 e. The second-order valence-corrected chi connectivity index (χ2v) is 4.69. The molecule has 1 rings (SSSR count). The number of rotatable bonds is 7. The average Bonchev–Trinajstić information content (AvgIpc) is 2.39. The molecular formula is C14H22N2O4. The number of aromatic amines is 1. The summed E-state index contributed by atoms with van der Waals surface area (Å²) in [6.45, 7) is 4.86. The highest BCUT2D eigenvalue weighted by atomic mass is 16.5. The quantitative estimate of drug-likeness (QED) is 0.803. The molecule has 0 saturated heterocycles. The number of carbonyl (C=O) groups excluding carboxylic acids is 1. The summed E-state index contributed by atoms with van der Waals surface area (Å²) in [5, 5.41) is 0. The minimum Gasteiger partial charge on any atom is -0.383 e. The first-order valence-corrected chi connectivity index (χ1v) is 6.49. The molecule has 112 valence electrons. The Kier molecular flexibility index (Phi) is 6.41. The average molecular weight is 282 g/mol. The van der Waals surface area contributed by atoms with E-state index in [0.29, 0.717) is 19.8 Å². The molecule has 0 spiro atoms. The molecule has 1 N–H and O–H groups in total. The van der Waals surface area contributed by atoms with Crippen molar-refractivity contribution in [3.05, 3.63) is 33.7 Å². The van der Waals surface area contributed by atoms with Gasteiger partial charge in [0.15, 0.2) is 5.43 Å². The van der Waals surface area contributed by atoms with Gasteiger partial charge in [-0.25, -0.2) is 0 Å². The van der Waals surface area contributed by atoms with Crippen molar-refractivity contribution < 1.29 is 14.3 Å². The fourth-order valence-corrected chi connectivity index (χ4v) is 1.94. The molecular weight excluding hydrogens is 260 g/mol. The first kappa shape index (κ1) is 16.4. The Morgan fingerprint density at radius 1 is 1.40 bits per heavy atom. The summed E-state index contributed by atoms with van der Waals surface area (Å²) in [5.41, 5.74) is 0.577. The Hall–Kier alpha value is -1.66. The van der Waals surface area contributed by atoms with Crippen molar-refractivity contribution in [2.45, 2.75) is 19.9 Å². The molecule has 0 aliphatic carbocycles.